The van der Waals surface area contributed by atoms with Crippen LogP contribution in [0, 0.1) is 0 Å². The Bertz CT molecular complexity index is 452. The summed E-state index contributed by atoms with van der Waals surface area (Å²) in [6.45, 7) is 0.168. The van der Waals surface area contributed by atoms with Crippen molar-refractivity contribution in [3.05, 3.63) is 18.1 Å². The Morgan fingerprint density at radius 2 is 2.33 bits per heavy atom. The van der Waals surface area contributed by atoms with E-state index < -0.39 is 0 Å². The van der Waals surface area contributed by atoms with E-state index in [2.05, 4.69) is 20.3 Å². The molecule has 0 fully saturated rings. The Balaban J connectivity index is 2.40. The summed E-state index contributed by atoms with van der Waals surface area (Å²) in [4.78, 5) is 11.8. The van der Waals surface area contributed by atoms with Gasteiger partial charge < -0.3 is 15.4 Å². The summed E-state index contributed by atoms with van der Waals surface area (Å²) in [6, 6.07) is 1.94. The first-order valence-corrected chi connectivity index (χ1v) is 4.97. The number of hydrogen-bond acceptors (Lipinski definition) is 4. The molecule has 0 unspecified atom stereocenters. The van der Waals surface area contributed by atoms with Crippen molar-refractivity contribution >= 4 is 16.9 Å². The molecule has 2 heterocycles. The molecule has 0 spiro atoms. The van der Waals surface area contributed by atoms with E-state index in [1.54, 1.807) is 0 Å². The highest BCUT2D eigenvalue weighted by Crippen LogP contribution is 2.18. The van der Waals surface area contributed by atoms with Crippen molar-refractivity contribution in [2.75, 3.05) is 19.0 Å². The quantitative estimate of drug-likeness (QED) is 0.695. The van der Waals surface area contributed by atoms with Crippen LogP contribution in [0.1, 0.15) is 12.2 Å². The first-order valence-electron chi connectivity index (χ1n) is 4.97. The van der Waals surface area contributed by atoms with Crippen molar-refractivity contribution in [2.45, 2.75) is 12.8 Å². The molecule has 0 bridgehead atoms. The molecule has 0 saturated carbocycles. The van der Waals surface area contributed by atoms with E-state index in [1.165, 1.54) is 0 Å². The highest BCUT2D eigenvalue weighted by atomic mass is 16.2. The van der Waals surface area contributed by atoms with E-state index in [0.29, 0.717) is 12.8 Å². The van der Waals surface area contributed by atoms with Crippen LogP contribution in [0.3, 0.4) is 0 Å². The Kier molecular flexibility index (Phi) is 2.82. The minimum absolute atomic E-state index is 0.168. The van der Waals surface area contributed by atoms with E-state index in [0.717, 1.165) is 22.7 Å². The molecule has 0 atom stereocenters. The van der Waals surface area contributed by atoms with Crippen LogP contribution in [0.25, 0.3) is 11.0 Å². The summed E-state index contributed by atoms with van der Waals surface area (Å²) in [6.07, 6.45) is 3.23. The number of nitrogens with zero attached hydrogens (tertiary/aromatic N) is 2. The molecule has 0 aliphatic heterocycles. The van der Waals surface area contributed by atoms with E-state index in [9.17, 15) is 0 Å². The second-order valence-electron chi connectivity index (χ2n) is 3.31. The SMILES string of the molecule is CNc1nc(CCCO)nc2[nH]ccc12. The second kappa shape index (κ2) is 4.27. The van der Waals surface area contributed by atoms with Gasteiger partial charge in [-0.1, -0.05) is 0 Å². The number of aryl methyl sites for hydroxylation is 1. The molecule has 0 saturated heterocycles. The number of aromatic nitrogens is 3. The number of H-pyrrole nitrogens is 1. The number of rotatable bonds is 4. The Morgan fingerprint density at radius 1 is 1.47 bits per heavy atom. The maximum atomic E-state index is 8.75. The fraction of sp³-hybridized carbons (Fsp3) is 0.400. The van der Waals surface area contributed by atoms with Crippen LogP contribution in [0.5, 0.6) is 0 Å². The van der Waals surface area contributed by atoms with Crippen molar-refractivity contribution in [3.8, 4) is 0 Å². The van der Waals surface area contributed by atoms with E-state index in [-0.39, 0.29) is 6.61 Å². The topological polar surface area (TPSA) is 73.8 Å². The smallest absolute Gasteiger partial charge is 0.143 e. The van der Waals surface area contributed by atoms with Crippen molar-refractivity contribution in [2.24, 2.45) is 0 Å². The maximum absolute atomic E-state index is 8.75. The average Bonchev–Trinajstić information content (AvgIpc) is 2.73. The molecule has 3 N–H and O–H groups in total. The molecular weight excluding hydrogens is 192 g/mol. The molecule has 2 aromatic rings. The molecule has 0 radical (unpaired) electrons. The fourth-order valence-corrected chi connectivity index (χ4v) is 1.53. The Morgan fingerprint density at radius 3 is 3.07 bits per heavy atom. The van der Waals surface area contributed by atoms with Crippen molar-refractivity contribution in [1.29, 1.82) is 0 Å². The van der Waals surface area contributed by atoms with Crippen LogP contribution in [0.2, 0.25) is 0 Å². The van der Waals surface area contributed by atoms with Crippen molar-refractivity contribution in [1.82, 2.24) is 15.0 Å². The highest BCUT2D eigenvalue weighted by Gasteiger charge is 2.06. The second-order valence-corrected chi connectivity index (χ2v) is 3.31. The molecule has 2 rings (SSSR count). The summed E-state index contributed by atoms with van der Waals surface area (Å²) in [5, 5.41) is 12.8. The zero-order valence-electron chi connectivity index (χ0n) is 8.62. The summed E-state index contributed by atoms with van der Waals surface area (Å²) < 4.78 is 0. The van der Waals surface area contributed by atoms with E-state index >= 15 is 0 Å². The van der Waals surface area contributed by atoms with Crippen LogP contribution in [-0.4, -0.2) is 33.7 Å². The van der Waals surface area contributed by atoms with Crippen LogP contribution in [-0.2, 0) is 6.42 Å². The summed E-state index contributed by atoms with van der Waals surface area (Å²) in [5.41, 5.74) is 0.835. The summed E-state index contributed by atoms with van der Waals surface area (Å²) >= 11 is 0. The number of aliphatic hydroxyl groups excluding tert-OH is 1. The van der Waals surface area contributed by atoms with Gasteiger partial charge in [0.25, 0.3) is 0 Å². The zero-order chi connectivity index (χ0) is 10.7. The third kappa shape index (κ3) is 1.92. The molecule has 0 aliphatic carbocycles. The molecular formula is C10H14N4O. The van der Waals surface area contributed by atoms with Gasteiger partial charge >= 0.3 is 0 Å². The van der Waals surface area contributed by atoms with Crippen molar-refractivity contribution in [3.63, 3.8) is 0 Å². The zero-order valence-corrected chi connectivity index (χ0v) is 8.62. The molecule has 0 aromatic carbocycles. The summed E-state index contributed by atoms with van der Waals surface area (Å²) in [7, 11) is 1.84. The number of aromatic amines is 1. The van der Waals surface area contributed by atoms with E-state index in [4.69, 9.17) is 5.11 Å². The number of fused-ring (bicyclic) bond motifs is 1. The number of anilines is 1. The maximum Gasteiger partial charge on any atom is 0.143 e. The van der Waals surface area contributed by atoms with E-state index in [1.807, 2.05) is 19.3 Å². The minimum atomic E-state index is 0.168. The predicted molar refractivity (Wildman–Crippen MR) is 58.8 cm³/mol. The highest BCUT2D eigenvalue weighted by molar-refractivity contribution is 5.86. The monoisotopic (exact) mass is 206 g/mol. The van der Waals surface area contributed by atoms with Crippen LogP contribution >= 0.6 is 0 Å². The van der Waals surface area contributed by atoms with Crippen LogP contribution < -0.4 is 5.32 Å². The molecule has 80 valence electrons. The number of hydrogen-bond donors (Lipinski definition) is 3. The average molecular weight is 206 g/mol. The number of nitrogens with one attached hydrogen (secondary N) is 2. The van der Waals surface area contributed by atoms with Gasteiger partial charge in [0.1, 0.15) is 17.3 Å². The Hall–Kier alpha value is -1.62. The normalized spacial score (nSPS) is 10.8. The van der Waals surface area contributed by atoms with Crippen LogP contribution in [0.4, 0.5) is 5.82 Å². The molecule has 0 amide bonds. The fourth-order valence-electron chi connectivity index (χ4n) is 1.53. The van der Waals surface area contributed by atoms with Gasteiger partial charge in [0, 0.05) is 26.3 Å². The Labute approximate surface area is 87.6 Å². The van der Waals surface area contributed by atoms with Crippen LogP contribution in [0.15, 0.2) is 12.3 Å². The lowest BCUT2D eigenvalue weighted by atomic mass is 10.3. The molecule has 5 nitrogen and oxygen atoms in total. The van der Waals surface area contributed by atoms with Gasteiger partial charge in [-0.3, -0.25) is 0 Å². The molecule has 15 heavy (non-hydrogen) atoms. The largest absolute Gasteiger partial charge is 0.396 e. The predicted octanol–water partition coefficient (Wildman–Crippen LogP) is 0.924. The lowest BCUT2D eigenvalue weighted by Gasteiger charge is -2.04. The molecule has 5 heteroatoms. The number of aliphatic hydroxyl groups is 1. The van der Waals surface area contributed by atoms with Gasteiger partial charge in [-0.05, 0) is 12.5 Å². The standard InChI is InChI=1S/C10H14N4O/c1-11-9-7-4-5-12-10(7)14-8(13-9)3-2-6-15/h4-5,15H,2-3,6H2,1H3,(H2,11,12,13,14). The lowest BCUT2D eigenvalue weighted by Crippen LogP contribution is -2.02. The van der Waals surface area contributed by atoms with Gasteiger partial charge in [0.05, 0.1) is 5.39 Å². The summed E-state index contributed by atoms with van der Waals surface area (Å²) in [5.74, 6) is 1.58. The van der Waals surface area contributed by atoms with Gasteiger partial charge in [-0.25, -0.2) is 9.97 Å². The van der Waals surface area contributed by atoms with Gasteiger partial charge in [0.2, 0.25) is 0 Å². The third-order valence-electron chi connectivity index (χ3n) is 2.26. The first kappa shape index (κ1) is 9.92. The van der Waals surface area contributed by atoms with Gasteiger partial charge in [-0.2, -0.15) is 0 Å². The molecule has 0 aliphatic rings. The third-order valence-corrected chi connectivity index (χ3v) is 2.26. The first-order chi connectivity index (χ1) is 7.35. The van der Waals surface area contributed by atoms with Crippen molar-refractivity contribution < 1.29 is 5.11 Å². The van der Waals surface area contributed by atoms with Gasteiger partial charge in [-0.15, -0.1) is 0 Å². The van der Waals surface area contributed by atoms with Gasteiger partial charge in [0.15, 0.2) is 0 Å². The molecule has 2 aromatic heterocycles. The minimum Gasteiger partial charge on any atom is -0.396 e. The lowest BCUT2D eigenvalue weighted by molar-refractivity contribution is 0.287.